The van der Waals surface area contributed by atoms with Crippen molar-refractivity contribution in [1.29, 1.82) is 0 Å². The highest BCUT2D eigenvalue weighted by atomic mass is 127. The van der Waals surface area contributed by atoms with Crippen molar-refractivity contribution in [3.05, 3.63) is 54.1 Å². The van der Waals surface area contributed by atoms with Crippen molar-refractivity contribution in [1.82, 2.24) is 10.2 Å². The lowest BCUT2D eigenvalue weighted by atomic mass is 10.1. The molecule has 1 aliphatic rings. The second kappa shape index (κ2) is 12.5. The minimum Gasteiger partial charge on any atom is -0.493 e. The van der Waals surface area contributed by atoms with Gasteiger partial charge in [0.2, 0.25) is 0 Å². The molecule has 3 rings (SSSR count). The molecule has 1 heterocycles. The van der Waals surface area contributed by atoms with Gasteiger partial charge < -0.3 is 24.4 Å². The number of nitrogens with one attached hydrogen (secondary N) is 1. The third-order valence-corrected chi connectivity index (χ3v) is 4.98. The summed E-state index contributed by atoms with van der Waals surface area (Å²) < 4.78 is 17.1. The van der Waals surface area contributed by atoms with Gasteiger partial charge in [-0.15, -0.1) is 24.0 Å². The molecule has 2 aromatic carbocycles. The van der Waals surface area contributed by atoms with Gasteiger partial charge >= 0.3 is 0 Å². The number of ether oxygens (including phenoxy) is 3. The van der Waals surface area contributed by atoms with E-state index in [1.165, 1.54) is 0 Å². The van der Waals surface area contributed by atoms with Gasteiger partial charge in [0.05, 0.1) is 13.7 Å². The van der Waals surface area contributed by atoms with Crippen molar-refractivity contribution in [3.63, 3.8) is 0 Å². The molecule has 0 unspecified atom stereocenters. The van der Waals surface area contributed by atoms with Crippen molar-refractivity contribution in [2.45, 2.75) is 32.4 Å². The summed E-state index contributed by atoms with van der Waals surface area (Å²) in [6.07, 6.45) is 2.21. The second-order valence-corrected chi connectivity index (χ2v) is 6.94. The van der Waals surface area contributed by atoms with E-state index in [2.05, 4.69) is 15.2 Å². The largest absolute Gasteiger partial charge is 0.493 e. The van der Waals surface area contributed by atoms with Crippen LogP contribution in [0.3, 0.4) is 0 Å². The Morgan fingerprint density at radius 1 is 1.10 bits per heavy atom. The molecular weight excluding hydrogens is 493 g/mol. The maximum atomic E-state index is 6.09. The van der Waals surface area contributed by atoms with Crippen LogP contribution in [0.25, 0.3) is 0 Å². The maximum Gasteiger partial charge on any atom is 0.193 e. The quantitative estimate of drug-likeness (QED) is 0.332. The van der Waals surface area contributed by atoms with Crippen LogP contribution in [-0.4, -0.2) is 50.8 Å². The number of nitrogens with zero attached hydrogens (tertiary/aromatic N) is 2. The van der Waals surface area contributed by atoms with Crippen molar-refractivity contribution in [3.8, 4) is 17.2 Å². The van der Waals surface area contributed by atoms with Gasteiger partial charge in [0.25, 0.3) is 0 Å². The van der Waals surface area contributed by atoms with Gasteiger partial charge in [-0.1, -0.05) is 24.3 Å². The highest BCUT2D eigenvalue weighted by Crippen LogP contribution is 2.28. The first-order chi connectivity index (χ1) is 14.2. The number of methoxy groups -OCH3 is 1. The highest BCUT2D eigenvalue weighted by Gasteiger charge is 2.22. The SMILES string of the molecule is CCOc1cc(CNC(=NC)N2CCC(Oc3ccccc3)CC2)ccc1OC.I. The molecule has 0 spiro atoms. The van der Waals surface area contributed by atoms with E-state index in [4.69, 9.17) is 14.2 Å². The highest BCUT2D eigenvalue weighted by molar-refractivity contribution is 14.0. The number of benzene rings is 2. The predicted octanol–water partition coefficient (Wildman–Crippen LogP) is 4.33. The van der Waals surface area contributed by atoms with Crippen LogP contribution in [-0.2, 0) is 6.54 Å². The zero-order valence-corrected chi connectivity index (χ0v) is 20.3. The molecule has 30 heavy (non-hydrogen) atoms. The lowest BCUT2D eigenvalue weighted by Gasteiger charge is -2.34. The zero-order valence-electron chi connectivity index (χ0n) is 18.0. The monoisotopic (exact) mass is 525 g/mol. The number of hydrogen-bond acceptors (Lipinski definition) is 4. The summed E-state index contributed by atoms with van der Waals surface area (Å²) in [6, 6.07) is 16.0. The van der Waals surface area contributed by atoms with Crippen molar-refractivity contribution < 1.29 is 14.2 Å². The number of para-hydroxylation sites is 1. The lowest BCUT2D eigenvalue weighted by Crippen LogP contribution is -2.47. The average molecular weight is 525 g/mol. The number of piperidine rings is 1. The van der Waals surface area contributed by atoms with Gasteiger partial charge in [0, 0.05) is 39.5 Å². The molecule has 1 aliphatic heterocycles. The number of hydrogen-bond donors (Lipinski definition) is 1. The molecule has 1 saturated heterocycles. The van der Waals surface area contributed by atoms with E-state index in [0.717, 1.165) is 54.7 Å². The van der Waals surface area contributed by atoms with Gasteiger partial charge in [0.1, 0.15) is 11.9 Å². The summed E-state index contributed by atoms with van der Waals surface area (Å²) >= 11 is 0. The van der Waals surface area contributed by atoms with Gasteiger partial charge in [-0.3, -0.25) is 4.99 Å². The number of aliphatic imine (C=N–C) groups is 1. The summed E-state index contributed by atoms with van der Waals surface area (Å²) in [5, 5.41) is 3.47. The molecule has 6 nitrogen and oxygen atoms in total. The van der Waals surface area contributed by atoms with Crippen LogP contribution in [0.2, 0.25) is 0 Å². The molecule has 1 N–H and O–H groups in total. The van der Waals surface area contributed by atoms with E-state index < -0.39 is 0 Å². The predicted molar refractivity (Wildman–Crippen MR) is 131 cm³/mol. The Balaban J connectivity index is 0.00000320. The zero-order chi connectivity index (χ0) is 20.5. The van der Waals surface area contributed by atoms with E-state index in [9.17, 15) is 0 Å². The lowest BCUT2D eigenvalue weighted by molar-refractivity contribution is 0.129. The minimum atomic E-state index is 0. The summed E-state index contributed by atoms with van der Waals surface area (Å²) in [5.74, 6) is 3.37. The van der Waals surface area contributed by atoms with E-state index in [0.29, 0.717) is 13.2 Å². The van der Waals surface area contributed by atoms with Gasteiger partial charge in [-0.05, 0) is 36.8 Å². The summed E-state index contributed by atoms with van der Waals surface area (Å²) in [6.45, 7) is 5.09. The first-order valence-corrected chi connectivity index (χ1v) is 10.2. The molecule has 0 aromatic heterocycles. The topological polar surface area (TPSA) is 55.3 Å². The van der Waals surface area contributed by atoms with Crippen molar-refractivity contribution in [2.24, 2.45) is 4.99 Å². The second-order valence-electron chi connectivity index (χ2n) is 6.94. The molecule has 0 saturated carbocycles. The number of guanidine groups is 1. The minimum absolute atomic E-state index is 0. The van der Waals surface area contributed by atoms with Crippen molar-refractivity contribution in [2.75, 3.05) is 33.9 Å². The fraction of sp³-hybridized carbons (Fsp3) is 0.435. The van der Waals surface area contributed by atoms with Crippen LogP contribution in [0.15, 0.2) is 53.5 Å². The smallest absolute Gasteiger partial charge is 0.193 e. The fourth-order valence-electron chi connectivity index (χ4n) is 3.49. The summed E-state index contributed by atoms with van der Waals surface area (Å²) in [7, 11) is 3.48. The molecule has 0 aliphatic carbocycles. The van der Waals surface area contributed by atoms with Crippen LogP contribution >= 0.6 is 24.0 Å². The number of rotatable bonds is 7. The van der Waals surface area contributed by atoms with Crippen LogP contribution in [0.1, 0.15) is 25.3 Å². The molecular formula is C23H32IN3O3. The normalized spacial score (nSPS) is 14.6. The Kier molecular flexibility index (Phi) is 10.1. The Morgan fingerprint density at radius 2 is 1.83 bits per heavy atom. The average Bonchev–Trinajstić information content (AvgIpc) is 2.76. The van der Waals surface area contributed by atoms with Crippen LogP contribution in [0.4, 0.5) is 0 Å². The van der Waals surface area contributed by atoms with E-state index >= 15 is 0 Å². The van der Waals surface area contributed by atoms with E-state index in [1.807, 2.05) is 62.5 Å². The van der Waals surface area contributed by atoms with Crippen molar-refractivity contribution >= 4 is 29.9 Å². The molecule has 7 heteroatoms. The first kappa shape index (κ1) is 24.1. The van der Waals surface area contributed by atoms with Crippen LogP contribution < -0.4 is 19.5 Å². The van der Waals surface area contributed by atoms with Crippen LogP contribution in [0.5, 0.6) is 17.2 Å². The Bertz CT molecular complexity index is 794. The summed E-state index contributed by atoms with van der Waals surface area (Å²) in [5.41, 5.74) is 1.12. The molecule has 2 aromatic rings. The number of halogens is 1. The van der Waals surface area contributed by atoms with Crippen LogP contribution in [0, 0.1) is 0 Å². The molecule has 0 amide bonds. The standard InChI is InChI=1S/C23H31N3O3.HI/c1-4-28-22-16-18(10-11-21(22)27-3)17-25-23(24-2)26-14-12-20(13-15-26)29-19-8-6-5-7-9-19;/h5-11,16,20H,4,12-15,17H2,1-3H3,(H,24,25);1H. The van der Waals surface area contributed by atoms with Gasteiger partial charge in [0.15, 0.2) is 17.5 Å². The Morgan fingerprint density at radius 3 is 2.47 bits per heavy atom. The third kappa shape index (κ3) is 6.68. The van der Waals surface area contributed by atoms with Gasteiger partial charge in [-0.25, -0.2) is 0 Å². The maximum absolute atomic E-state index is 6.09. The molecule has 0 bridgehead atoms. The molecule has 164 valence electrons. The molecule has 1 fully saturated rings. The summed E-state index contributed by atoms with van der Waals surface area (Å²) in [4.78, 5) is 6.75. The van der Waals surface area contributed by atoms with E-state index in [-0.39, 0.29) is 30.1 Å². The molecule has 0 radical (unpaired) electrons. The number of likely N-dealkylation sites (tertiary alicyclic amines) is 1. The molecule has 0 atom stereocenters. The fourth-order valence-corrected chi connectivity index (χ4v) is 3.49. The Hall–Kier alpha value is -2.16. The third-order valence-electron chi connectivity index (χ3n) is 4.98. The van der Waals surface area contributed by atoms with E-state index in [1.54, 1.807) is 7.11 Å². The first-order valence-electron chi connectivity index (χ1n) is 10.2. The van der Waals surface area contributed by atoms with Gasteiger partial charge in [-0.2, -0.15) is 0 Å². The Labute approximate surface area is 196 Å².